The van der Waals surface area contributed by atoms with Gasteiger partial charge >= 0.3 is 0 Å². The Balaban J connectivity index is 1.73. The molecule has 0 spiro atoms. The molecule has 0 unspecified atom stereocenters. The zero-order valence-corrected chi connectivity index (χ0v) is 17.5. The number of likely N-dealkylation sites (tertiary alicyclic amines) is 1. The van der Waals surface area contributed by atoms with E-state index >= 15 is 0 Å². The quantitative estimate of drug-likeness (QED) is 0.296. The third kappa shape index (κ3) is 7.32. The third-order valence-corrected chi connectivity index (χ3v) is 5.04. The summed E-state index contributed by atoms with van der Waals surface area (Å²) < 4.78 is 10.9. The Bertz CT molecular complexity index is 661. The van der Waals surface area contributed by atoms with E-state index in [1.165, 1.54) is 25.9 Å². The predicted octanol–water partition coefficient (Wildman–Crippen LogP) is 2.49. The summed E-state index contributed by atoms with van der Waals surface area (Å²) in [5.41, 5.74) is 1.07. The molecule has 0 saturated carbocycles. The molecule has 2 N–H and O–H groups in total. The molecule has 0 aliphatic carbocycles. The Hall–Kier alpha value is -2.39. The van der Waals surface area contributed by atoms with E-state index in [1.54, 1.807) is 14.2 Å². The van der Waals surface area contributed by atoms with Gasteiger partial charge in [0.1, 0.15) is 6.61 Å². The SMILES string of the molecule is C#CCOc1cc(CNC(=NC)NCCCN2CCC(C)CC2)ccc1OC. The molecule has 154 valence electrons. The van der Waals surface area contributed by atoms with Gasteiger partial charge in [-0.25, -0.2) is 0 Å². The first-order valence-corrected chi connectivity index (χ1v) is 10.1. The largest absolute Gasteiger partial charge is 0.493 e. The lowest BCUT2D eigenvalue weighted by atomic mass is 9.99. The van der Waals surface area contributed by atoms with Gasteiger partial charge in [0.05, 0.1) is 7.11 Å². The first-order chi connectivity index (χ1) is 13.7. The molecule has 1 saturated heterocycles. The molecule has 2 rings (SSSR count). The van der Waals surface area contributed by atoms with E-state index in [-0.39, 0.29) is 6.61 Å². The van der Waals surface area contributed by atoms with E-state index in [9.17, 15) is 0 Å². The smallest absolute Gasteiger partial charge is 0.191 e. The van der Waals surface area contributed by atoms with Gasteiger partial charge < -0.3 is 25.0 Å². The van der Waals surface area contributed by atoms with Crippen LogP contribution in [0.25, 0.3) is 0 Å². The lowest BCUT2D eigenvalue weighted by Gasteiger charge is -2.30. The van der Waals surface area contributed by atoms with Crippen LogP contribution < -0.4 is 20.1 Å². The van der Waals surface area contributed by atoms with Crippen molar-refractivity contribution in [2.75, 3.05) is 46.9 Å². The number of nitrogens with one attached hydrogen (secondary N) is 2. The number of hydrogen-bond donors (Lipinski definition) is 2. The van der Waals surface area contributed by atoms with Crippen LogP contribution in [0.15, 0.2) is 23.2 Å². The fraction of sp³-hybridized carbons (Fsp3) is 0.591. The lowest BCUT2D eigenvalue weighted by Crippen LogP contribution is -2.39. The van der Waals surface area contributed by atoms with Crippen LogP contribution >= 0.6 is 0 Å². The lowest BCUT2D eigenvalue weighted by molar-refractivity contribution is 0.191. The van der Waals surface area contributed by atoms with Crippen molar-refractivity contribution in [2.45, 2.75) is 32.7 Å². The molecule has 0 atom stereocenters. The number of aliphatic imine (C=N–C) groups is 1. The number of hydrogen-bond acceptors (Lipinski definition) is 4. The maximum atomic E-state index is 5.56. The average Bonchev–Trinajstić information content (AvgIpc) is 2.73. The summed E-state index contributed by atoms with van der Waals surface area (Å²) in [4.78, 5) is 6.86. The maximum Gasteiger partial charge on any atom is 0.191 e. The summed E-state index contributed by atoms with van der Waals surface area (Å²) in [6.45, 7) is 7.72. The number of ether oxygens (including phenoxy) is 2. The van der Waals surface area contributed by atoms with Crippen molar-refractivity contribution in [1.29, 1.82) is 0 Å². The van der Waals surface area contributed by atoms with E-state index in [4.69, 9.17) is 15.9 Å². The first-order valence-electron chi connectivity index (χ1n) is 10.1. The third-order valence-electron chi connectivity index (χ3n) is 5.04. The van der Waals surface area contributed by atoms with Crippen molar-refractivity contribution < 1.29 is 9.47 Å². The number of guanidine groups is 1. The van der Waals surface area contributed by atoms with Crippen LogP contribution in [-0.4, -0.2) is 57.8 Å². The Labute approximate surface area is 169 Å². The first kappa shape index (κ1) is 21.9. The summed E-state index contributed by atoms with van der Waals surface area (Å²) in [5.74, 6) is 5.48. The minimum Gasteiger partial charge on any atom is -0.493 e. The van der Waals surface area contributed by atoms with Crippen LogP contribution in [0, 0.1) is 18.3 Å². The second-order valence-electron chi connectivity index (χ2n) is 7.21. The van der Waals surface area contributed by atoms with Gasteiger partial charge in [0.15, 0.2) is 17.5 Å². The summed E-state index contributed by atoms with van der Waals surface area (Å²) in [5, 5.41) is 6.73. The minimum absolute atomic E-state index is 0.215. The predicted molar refractivity (Wildman–Crippen MR) is 115 cm³/mol. The van der Waals surface area contributed by atoms with Crippen molar-refractivity contribution in [3.63, 3.8) is 0 Å². The van der Waals surface area contributed by atoms with Crippen molar-refractivity contribution in [3.8, 4) is 23.8 Å². The monoisotopic (exact) mass is 386 g/mol. The van der Waals surface area contributed by atoms with Crippen molar-refractivity contribution in [1.82, 2.24) is 15.5 Å². The van der Waals surface area contributed by atoms with Crippen LogP contribution in [0.1, 0.15) is 31.7 Å². The van der Waals surface area contributed by atoms with E-state index in [0.29, 0.717) is 18.0 Å². The van der Waals surface area contributed by atoms with Crippen LogP contribution in [0.2, 0.25) is 0 Å². The molecule has 28 heavy (non-hydrogen) atoms. The summed E-state index contributed by atoms with van der Waals surface area (Å²) in [6.07, 6.45) is 9.04. The van der Waals surface area contributed by atoms with E-state index < -0.39 is 0 Å². The van der Waals surface area contributed by atoms with Gasteiger partial charge in [0.2, 0.25) is 0 Å². The zero-order valence-electron chi connectivity index (χ0n) is 17.5. The maximum absolute atomic E-state index is 5.56. The molecule has 1 fully saturated rings. The van der Waals surface area contributed by atoms with Gasteiger partial charge in [-0.2, -0.15) is 0 Å². The van der Waals surface area contributed by atoms with Gasteiger partial charge in [-0.3, -0.25) is 4.99 Å². The molecule has 0 bridgehead atoms. The zero-order chi connectivity index (χ0) is 20.2. The Morgan fingerprint density at radius 1 is 1.29 bits per heavy atom. The van der Waals surface area contributed by atoms with Crippen LogP contribution in [0.5, 0.6) is 11.5 Å². The van der Waals surface area contributed by atoms with E-state index in [1.807, 2.05) is 18.2 Å². The minimum atomic E-state index is 0.215. The van der Waals surface area contributed by atoms with Gasteiger partial charge in [-0.15, -0.1) is 6.42 Å². The molecule has 1 heterocycles. The van der Waals surface area contributed by atoms with Gasteiger partial charge in [-0.1, -0.05) is 18.9 Å². The fourth-order valence-electron chi connectivity index (χ4n) is 3.26. The molecule has 6 heteroatoms. The molecule has 0 amide bonds. The molecule has 0 aromatic heterocycles. The Morgan fingerprint density at radius 3 is 2.75 bits per heavy atom. The van der Waals surface area contributed by atoms with Crippen molar-refractivity contribution >= 4 is 5.96 Å². The highest BCUT2D eigenvalue weighted by molar-refractivity contribution is 5.79. The molecule has 0 radical (unpaired) electrons. The molecule has 6 nitrogen and oxygen atoms in total. The molecule has 1 aromatic carbocycles. The highest BCUT2D eigenvalue weighted by atomic mass is 16.5. The molecule has 1 aromatic rings. The summed E-state index contributed by atoms with van der Waals surface area (Å²) in [6, 6.07) is 5.82. The van der Waals surface area contributed by atoms with Crippen LogP contribution in [0.4, 0.5) is 0 Å². The number of nitrogens with zero attached hydrogens (tertiary/aromatic N) is 2. The summed E-state index contributed by atoms with van der Waals surface area (Å²) >= 11 is 0. The summed E-state index contributed by atoms with van der Waals surface area (Å²) in [7, 11) is 3.41. The van der Waals surface area contributed by atoms with Crippen molar-refractivity contribution in [3.05, 3.63) is 23.8 Å². The number of terminal acetylenes is 1. The van der Waals surface area contributed by atoms with Crippen LogP contribution in [-0.2, 0) is 6.54 Å². The molecule has 1 aliphatic rings. The standard InChI is InChI=1S/C22H34N4O2/c1-5-15-28-21-16-19(7-8-20(21)27-4)17-25-22(23-3)24-11-6-12-26-13-9-18(2)10-14-26/h1,7-8,16,18H,6,9-15,17H2,2-4H3,(H2,23,24,25). The Morgan fingerprint density at radius 2 is 2.07 bits per heavy atom. The van der Waals surface area contributed by atoms with Gasteiger partial charge in [0, 0.05) is 20.1 Å². The fourth-order valence-corrected chi connectivity index (χ4v) is 3.26. The number of piperidine rings is 1. The normalized spacial score (nSPS) is 15.7. The van der Waals surface area contributed by atoms with Crippen molar-refractivity contribution in [2.24, 2.45) is 10.9 Å². The van der Waals surface area contributed by atoms with Gasteiger partial charge in [0.25, 0.3) is 0 Å². The number of methoxy groups -OCH3 is 1. The van der Waals surface area contributed by atoms with E-state index in [0.717, 1.165) is 37.0 Å². The molecular weight excluding hydrogens is 352 g/mol. The number of benzene rings is 1. The number of rotatable bonds is 9. The highest BCUT2D eigenvalue weighted by Crippen LogP contribution is 2.27. The molecule has 1 aliphatic heterocycles. The highest BCUT2D eigenvalue weighted by Gasteiger charge is 2.14. The molecular formula is C22H34N4O2. The second-order valence-corrected chi connectivity index (χ2v) is 7.21. The second kappa shape index (κ2) is 12.1. The topological polar surface area (TPSA) is 58.1 Å². The Kier molecular flexibility index (Phi) is 9.50. The average molecular weight is 387 g/mol. The van der Waals surface area contributed by atoms with Gasteiger partial charge in [-0.05, 0) is 62.5 Å². The van der Waals surface area contributed by atoms with E-state index in [2.05, 4.69) is 33.4 Å². The van der Waals surface area contributed by atoms with Crippen LogP contribution in [0.3, 0.4) is 0 Å².